The number of nitro benzene ring substituents is 1. The third kappa shape index (κ3) is 2.03. The van der Waals surface area contributed by atoms with Crippen molar-refractivity contribution in [2.75, 3.05) is 0 Å². The first kappa shape index (κ1) is 13.0. The molecule has 98 valence electrons. The summed E-state index contributed by atoms with van der Waals surface area (Å²) in [6, 6.07) is 6.78. The van der Waals surface area contributed by atoms with E-state index in [2.05, 4.69) is 0 Å². The van der Waals surface area contributed by atoms with Crippen LogP contribution in [0.5, 0.6) is 0 Å². The third-order valence-corrected chi connectivity index (χ3v) is 2.49. The number of nitro groups is 1. The van der Waals surface area contributed by atoms with Crippen LogP contribution in [0.2, 0.25) is 0 Å². The molecule has 2 aromatic carbocycles. The van der Waals surface area contributed by atoms with Crippen LogP contribution < -0.4 is 0 Å². The van der Waals surface area contributed by atoms with Crippen molar-refractivity contribution in [3.8, 4) is 11.1 Å². The van der Waals surface area contributed by atoms with E-state index >= 15 is 0 Å². The summed E-state index contributed by atoms with van der Waals surface area (Å²) < 4.78 is 53.3. The molecular weight excluding hydrogens is 266 g/mol. The van der Waals surface area contributed by atoms with Gasteiger partial charge in [0, 0.05) is 0 Å². The van der Waals surface area contributed by atoms with E-state index in [1.54, 1.807) is 0 Å². The molecule has 0 amide bonds. The number of rotatable bonds is 2. The highest BCUT2D eigenvalue weighted by molar-refractivity contribution is 5.74. The molecule has 0 spiro atoms. The van der Waals surface area contributed by atoms with Gasteiger partial charge in [-0.05, 0) is 5.56 Å². The fourth-order valence-electron chi connectivity index (χ4n) is 1.66. The molecular formula is C12H5F4NO2. The van der Waals surface area contributed by atoms with E-state index in [-0.39, 0.29) is 5.56 Å². The van der Waals surface area contributed by atoms with Crippen LogP contribution in [0.25, 0.3) is 11.1 Å². The van der Waals surface area contributed by atoms with E-state index in [4.69, 9.17) is 0 Å². The number of hydrogen-bond acceptors (Lipinski definition) is 2. The van der Waals surface area contributed by atoms with E-state index in [0.717, 1.165) is 0 Å². The highest BCUT2D eigenvalue weighted by atomic mass is 19.2. The second-order valence-electron chi connectivity index (χ2n) is 3.60. The SMILES string of the molecule is O=[N+]([O-])c1c(F)c(F)c(F)c(F)c1-c1ccccc1. The Kier molecular flexibility index (Phi) is 3.20. The van der Waals surface area contributed by atoms with Crippen molar-refractivity contribution in [1.29, 1.82) is 0 Å². The summed E-state index contributed by atoms with van der Waals surface area (Å²) in [7, 11) is 0. The Morgan fingerprint density at radius 1 is 0.842 bits per heavy atom. The molecule has 2 aromatic rings. The summed E-state index contributed by atoms with van der Waals surface area (Å²) >= 11 is 0. The fourth-order valence-corrected chi connectivity index (χ4v) is 1.66. The van der Waals surface area contributed by atoms with Crippen molar-refractivity contribution in [1.82, 2.24) is 0 Å². The zero-order valence-corrected chi connectivity index (χ0v) is 9.16. The van der Waals surface area contributed by atoms with Crippen molar-refractivity contribution in [3.63, 3.8) is 0 Å². The van der Waals surface area contributed by atoms with E-state index in [0.29, 0.717) is 0 Å². The van der Waals surface area contributed by atoms with Crippen LogP contribution in [0.4, 0.5) is 23.2 Å². The average molecular weight is 271 g/mol. The zero-order valence-electron chi connectivity index (χ0n) is 9.16. The topological polar surface area (TPSA) is 43.1 Å². The van der Waals surface area contributed by atoms with Crippen LogP contribution in [0.15, 0.2) is 30.3 Å². The molecule has 0 aliphatic carbocycles. The van der Waals surface area contributed by atoms with E-state index in [1.807, 2.05) is 0 Å². The molecule has 0 aromatic heterocycles. The lowest BCUT2D eigenvalue weighted by atomic mass is 10.0. The Bertz CT molecular complexity index is 659. The van der Waals surface area contributed by atoms with Crippen LogP contribution in [-0.2, 0) is 0 Å². The first-order chi connectivity index (χ1) is 8.95. The Labute approximate surface area is 104 Å². The summed E-state index contributed by atoms with van der Waals surface area (Å²) in [5.74, 6) is -8.11. The summed E-state index contributed by atoms with van der Waals surface area (Å²) in [6.45, 7) is 0. The molecule has 0 saturated carbocycles. The molecule has 3 nitrogen and oxygen atoms in total. The number of hydrogen-bond donors (Lipinski definition) is 0. The van der Waals surface area contributed by atoms with Gasteiger partial charge < -0.3 is 0 Å². The lowest BCUT2D eigenvalue weighted by Crippen LogP contribution is -2.05. The van der Waals surface area contributed by atoms with Gasteiger partial charge in [0.15, 0.2) is 11.6 Å². The van der Waals surface area contributed by atoms with E-state index in [1.165, 1.54) is 30.3 Å². The molecule has 0 bridgehead atoms. The largest absolute Gasteiger partial charge is 0.318 e. The minimum atomic E-state index is -2.20. The Hall–Kier alpha value is -2.44. The standard InChI is InChI=1S/C12H5F4NO2/c13-8-7(6-4-2-1-3-5-6)12(17(18)19)11(16)10(15)9(8)14/h1-5H. The van der Waals surface area contributed by atoms with Gasteiger partial charge in [-0.15, -0.1) is 0 Å². The molecule has 0 heterocycles. The maximum Gasteiger partial charge on any atom is 0.318 e. The van der Waals surface area contributed by atoms with Crippen LogP contribution in [0, 0.1) is 33.4 Å². The molecule has 0 aliphatic heterocycles. The van der Waals surface area contributed by atoms with Crippen molar-refractivity contribution in [2.24, 2.45) is 0 Å². The van der Waals surface area contributed by atoms with E-state index < -0.39 is 39.4 Å². The van der Waals surface area contributed by atoms with E-state index in [9.17, 15) is 27.7 Å². The van der Waals surface area contributed by atoms with Gasteiger partial charge in [0.05, 0.1) is 4.92 Å². The predicted octanol–water partition coefficient (Wildman–Crippen LogP) is 3.82. The summed E-state index contributed by atoms with van der Waals surface area (Å²) in [5, 5.41) is 10.7. The zero-order chi connectivity index (χ0) is 14.2. The van der Waals surface area contributed by atoms with Gasteiger partial charge in [-0.25, -0.2) is 13.2 Å². The average Bonchev–Trinajstić information content (AvgIpc) is 2.40. The Balaban J connectivity index is 2.90. The molecule has 7 heteroatoms. The molecule has 0 atom stereocenters. The predicted molar refractivity (Wildman–Crippen MR) is 58.4 cm³/mol. The van der Waals surface area contributed by atoms with Gasteiger partial charge in [-0.3, -0.25) is 10.1 Å². The molecule has 0 aliphatic rings. The normalized spacial score (nSPS) is 10.5. The molecule has 19 heavy (non-hydrogen) atoms. The number of nitrogens with zero attached hydrogens (tertiary/aromatic N) is 1. The van der Waals surface area contributed by atoms with Crippen molar-refractivity contribution in [3.05, 3.63) is 63.7 Å². The van der Waals surface area contributed by atoms with Gasteiger partial charge >= 0.3 is 5.69 Å². The highest BCUT2D eigenvalue weighted by Gasteiger charge is 2.33. The third-order valence-electron chi connectivity index (χ3n) is 2.49. The second kappa shape index (κ2) is 4.68. The van der Waals surface area contributed by atoms with Gasteiger partial charge in [-0.1, -0.05) is 30.3 Å². The highest BCUT2D eigenvalue weighted by Crippen LogP contribution is 2.37. The lowest BCUT2D eigenvalue weighted by Gasteiger charge is -2.07. The Morgan fingerprint density at radius 3 is 1.89 bits per heavy atom. The molecule has 0 N–H and O–H groups in total. The summed E-state index contributed by atoms with van der Waals surface area (Å²) in [6.07, 6.45) is 0. The summed E-state index contributed by atoms with van der Waals surface area (Å²) in [4.78, 5) is 9.45. The van der Waals surface area contributed by atoms with Crippen LogP contribution in [-0.4, -0.2) is 4.92 Å². The molecule has 0 saturated heterocycles. The van der Waals surface area contributed by atoms with Crippen LogP contribution >= 0.6 is 0 Å². The molecule has 0 fully saturated rings. The first-order valence-electron chi connectivity index (χ1n) is 5.01. The van der Waals surface area contributed by atoms with Gasteiger partial charge in [0.25, 0.3) is 0 Å². The van der Waals surface area contributed by atoms with Crippen molar-refractivity contribution >= 4 is 5.69 Å². The molecule has 0 radical (unpaired) electrons. The summed E-state index contributed by atoms with van der Waals surface area (Å²) in [5.41, 5.74) is -2.46. The molecule has 2 rings (SSSR count). The maximum absolute atomic E-state index is 13.7. The Morgan fingerprint density at radius 2 is 1.37 bits per heavy atom. The minimum absolute atomic E-state index is 0.121. The van der Waals surface area contributed by atoms with Gasteiger partial charge in [0.2, 0.25) is 11.6 Å². The second-order valence-corrected chi connectivity index (χ2v) is 3.60. The smallest absolute Gasteiger partial charge is 0.258 e. The first-order valence-corrected chi connectivity index (χ1v) is 5.01. The quantitative estimate of drug-likeness (QED) is 0.274. The van der Waals surface area contributed by atoms with Crippen molar-refractivity contribution < 1.29 is 22.5 Å². The van der Waals surface area contributed by atoms with Gasteiger partial charge in [0.1, 0.15) is 5.56 Å². The number of halogens is 4. The number of benzene rings is 2. The maximum atomic E-state index is 13.7. The lowest BCUT2D eigenvalue weighted by molar-refractivity contribution is -0.387. The van der Waals surface area contributed by atoms with Gasteiger partial charge in [-0.2, -0.15) is 4.39 Å². The van der Waals surface area contributed by atoms with Crippen molar-refractivity contribution in [2.45, 2.75) is 0 Å². The minimum Gasteiger partial charge on any atom is -0.258 e. The fraction of sp³-hybridized carbons (Fsp3) is 0. The van der Waals surface area contributed by atoms with Crippen LogP contribution in [0.1, 0.15) is 0 Å². The monoisotopic (exact) mass is 271 g/mol. The molecule has 0 unspecified atom stereocenters. The van der Waals surface area contributed by atoms with Crippen LogP contribution in [0.3, 0.4) is 0 Å².